The molecule has 1 aromatic carbocycles. The third kappa shape index (κ3) is 3.95. The van der Waals surface area contributed by atoms with E-state index in [1.54, 1.807) is 23.3 Å². The van der Waals surface area contributed by atoms with Crippen molar-refractivity contribution in [3.63, 3.8) is 0 Å². The van der Waals surface area contributed by atoms with E-state index in [9.17, 15) is 4.79 Å². The Kier molecular flexibility index (Phi) is 5.34. The van der Waals surface area contributed by atoms with Gasteiger partial charge in [-0.1, -0.05) is 6.07 Å². The Morgan fingerprint density at radius 1 is 1.25 bits per heavy atom. The molecule has 1 aliphatic rings. The quantitative estimate of drug-likeness (QED) is 0.509. The molecule has 4 heterocycles. The van der Waals surface area contributed by atoms with Crippen molar-refractivity contribution in [1.82, 2.24) is 29.4 Å². The van der Waals surface area contributed by atoms with Crippen molar-refractivity contribution in [2.45, 2.75) is 38.8 Å². The number of carbonyl (C=O) groups excluding carboxylic acids is 1. The summed E-state index contributed by atoms with van der Waals surface area (Å²) in [7, 11) is 2.06. The van der Waals surface area contributed by atoms with Crippen molar-refractivity contribution in [2.24, 2.45) is 7.05 Å². The monoisotopic (exact) mass is 429 g/mol. The predicted octanol–water partition coefficient (Wildman–Crippen LogP) is 3.14. The molecule has 0 radical (unpaired) electrons. The lowest BCUT2D eigenvalue weighted by Gasteiger charge is -2.25. The van der Waals surface area contributed by atoms with Crippen molar-refractivity contribution in [1.29, 1.82) is 0 Å². The average molecular weight is 430 g/mol. The van der Waals surface area contributed by atoms with Crippen LogP contribution in [0.5, 0.6) is 0 Å². The summed E-state index contributed by atoms with van der Waals surface area (Å²) in [6, 6.07) is 8.43. The van der Waals surface area contributed by atoms with E-state index in [1.807, 2.05) is 12.3 Å². The van der Waals surface area contributed by atoms with E-state index in [0.717, 1.165) is 30.8 Å². The zero-order chi connectivity index (χ0) is 22.1. The van der Waals surface area contributed by atoms with Gasteiger partial charge in [0.1, 0.15) is 12.1 Å². The van der Waals surface area contributed by atoms with Crippen LogP contribution in [-0.4, -0.2) is 42.6 Å². The molecule has 1 saturated heterocycles. The number of rotatable bonds is 6. The molecule has 0 spiro atoms. The van der Waals surface area contributed by atoms with E-state index in [1.165, 1.54) is 16.5 Å². The van der Waals surface area contributed by atoms with Crippen LogP contribution in [0.25, 0.3) is 16.9 Å². The topological polar surface area (TPSA) is 80.9 Å². The molecule has 0 bridgehead atoms. The number of hydrogen-bond acceptors (Lipinski definition) is 5. The molecular formula is C24H27N7O. The highest BCUT2D eigenvalue weighted by atomic mass is 16.1. The van der Waals surface area contributed by atoms with Gasteiger partial charge in [-0.25, -0.2) is 9.97 Å². The van der Waals surface area contributed by atoms with E-state index in [4.69, 9.17) is 4.98 Å². The van der Waals surface area contributed by atoms with Crippen molar-refractivity contribution in [3.05, 3.63) is 66.5 Å². The van der Waals surface area contributed by atoms with Crippen molar-refractivity contribution < 1.29 is 4.79 Å². The predicted molar refractivity (Wildman–Crippen MR) is 124 cm³/mol. The molecule has 1 unspecified atom stereocenters. The molecule has 1 fully saturated rings. The molecule has 3 aromatic heterocycles. The largest absolute Gasteiger partial charge is 0.353 e. The zero-order valence-corrected chi connectivity index (χ0v) is 18.4. The zero-order valence-electron chi connectivity index (χ0n) is 18.4. The normalized spacial score (nSPS) is 16.1. The summed E-state index contributed by atoms with van der Waals surface area (Å²) in [4.78, 5) is 28.1. The Morgan fingerprint density at radius 2 is 2.16 bits per heavy atom. The second-order valence-electron chi connectivity index (χ2n) is 8.43. The molecule has 0 saturated carbocycles. The Balaban J connectivity index is 1.23. The molecule has 0 aliphatic carbocycles. The molecule has 164 valence electrons. The van der Waals surface area contributed by atoms with Crippen LogP contribution in [0.4, 0.5) is 5.82 Å². The van der Waals surface area contributed by atoms with Gasteiger partial charge in [-0.05, 0) is 49.1 Å². The molecule has 1 atom stereocenters. The number of amides is 1. The number of fused-ring (bicyclic) bond motifs is 1. The van der Waals surface area contributed by atoms with Crippen LogP contribution >= 0.6 is 0 Å². The number of aryl methyl sites for hydroxylation is 2. The van der Waals surface area contributed by atoms with Gasteiger partial charge in [-0.15, -0.1) is 0 Å². The third-order valence-electron chi connectivity index (χ3n) is 6.20. The molecule has 1 aliphatic heterocycles. The number of aromatic nitrogens is 5. The van der Waals surface area contributed by atoms with Gasteiger partial charge in [-0.2, -0.15) is 4.98 Å². The maximum atomic E-state index is 12.8. The maximum absolute atomic E-state index is 12.8. The first-order valence-corrected chi connectivity index (χ1v) is 11.0. The van der Waals surface area contributed by atoms with Gasteiger partial charge in [-0.3, -0.25) is 9.36 Å². The van der Waals surface area contributed by atoms with E-state index in [2.05, 4.69) is 63.1 Å². The summed E-state index contributed by atoms with van der Waals surface area (Å²) in [5.74, 6) is 1.50. The molecule has 1 N–H and O–H groups in total. The number of imidazole rings is 1. The SMILES string of the molecule is Cc1cn(C)c2ccc(CNC(=O)CC3CCCN3c3ccnc(-n4ccnc4)n3)cc12. The average Bonchev–Trinajstić information content (AvgIpc) is 3.54. The summed E-state index contributed by atoms with van der Waals surface area (Å²) >= 11 is 0. The van der Waals surface area contributed by atoms with Crippen molar-refractivity contribution >= 4 is 22.6 Å². The van der Waals surface area contributed by atoms with E-state index >= 15 is 0 Å². The Labute approximate surface area is 186 Å². The molecule has 4 aromatic rings. The first-order valence-electron chi connectivity index (χ1n) is 11.0. The van der Waals surface area contributed by atoms with Gasteiger partial charge in [0.2, 0.25) is 11.9 Å². The fourth-order valence-electron chi connectivity index (χ4n) is 4.58. The highest BCUT2D eigenvalue weighted by Gasteiger charge is 2.28. The number of anilines is 1. The Hall–Kier alpha value is -3.68. The van der Waals surface area contributed by atoms with Crippen molar-refractivity contribution in [3.8, 4) is 5.95 Å². The molecule has 32 heavy (non-hydrogen) atoms. The second kappa shape index (κ2) is 8.45. The van der Waals surface area contributed by atoms with Crippen LogP contribution in [-0.2, 0) is 18.4 Å². The smallest absolute Gasteiger partial charge is 0.236 e. The Morgan fingerprint density at radius 3 is 3.00 bits per heavy atom. The van der Waals surface area contributed by atoms with Gasteiger partial charge in [0.05, 0.1) is 0 Å². The van der Waals surface area contributed by atoms with Crippen LogP contribution in [0.3, 0.4) is 0 Å². The molecular weight excluding hydrogens is 402 g/mol. The van der Waals surface area contributed by atoms with Gasteiger partial charge in [0.25, 0.3) is 0 Å². The van der Waals surface area contributed by atoms with E-state index in [0.29, 0.717) is 18.9 Å². The lowest BCUT2D eigenvalue weighted by Crippen LogP contribution is -2.35. The van der Waals surface area contributed by atoms with Crippen LogP contribution in [0, 0.1) is 6.92 Å². The van der Waals surface area contributed by atoms with Gasteiger partial charge in [0, 0.05) is 68.3 Å². The molecule has 5 rings (SSSR count). The fourth-order valence-corrected chi connectivity index (χ4v) is 4.58. The summed E-state index contributed by atoms with van der Waals surface area (Å²) in [6.07, 6.45) is 11.6. The standard InChI is InChI=1S/C24H27N7O/c1-17-15-29(2)21-6-5-18(12-20(17)21)14-27-23(32)13-19-4-3-10-31(19)22-7-8-26-24(28-22)30-11-9-25-16-30/h5-9,11-12,15-16,19H,3-4,10,13-14H2,1-2H3,(H,27,32). The van der Waals surface area contributed by atoms with Crippen LogP contribution in [0.15, 0.2) is 55.4 Å². The molecule has 8 heteroatoms. The number of hydrogen-bond donors (Lipinski definition) is 1. The Bertz CT molecular complexity index is 1240. The lowest BCUT2D eigenvalue weighted by molar-refractivity contribution is -0.121. The second-order valence-corrected chi connectivity index (χ2v) is 8.43. The minimum atomic E-state index is 0.0654. The summed E-state index contributed by atoms with van der Waals surface area (Å²) in [5.41, 5.74) is 3.57. The first kappa shape index (κ1) is 20.2. The maximum Gasteiger partial charge on any atom is 0.236 e. The molecule has 8 nitrogen and oxygen atoms in total. The van der Waals surface area contributed by atoms with Crippen LogP contribution in [0.1, 0.15) is 30.4 Å². The summed E-state index contributed by atoms with van der Waals surface area (Å²) < 4.78 is 3.92. The molecule has 1 amide bonds. The number of carbonyl (C=O) groups is 1. The first-order chi connectivity index (χ1) is 15.6. The number of nitrogens with zero attached hydrogens (tertiary/aromatic N) is 6. The fraction of sp³-hybridized carbons (Fsp3) is 0.333. The third-order valence-corrected chi connectivity index (χ3v) is 6.20. The summed E-state index contributed by atoms with van der Waals surface area (Å²) in [6.45, 7) is 3.54. The van der Waals surface area contributed by atoms with E-state index < -0.39 is 0 Å². The minimum absolute atomic E-state index is 0.0654. The van der Waals surface area contributed by atoms with Gasteiger partial charge in [0.15, 0.2) is 0 Å². The van der Waals surface area contributed by atoms with Crippen molar-refractivity contribution in [2.75, 3.05) is 11.4 Å². The highest BCUT2D eigenvalue weighted by molar-refractivity contribution is 5.84. The number of benzene rings is 1. The van der Waals surface area contributed by atoms with Gasteiger partial charge >= 0.3 is 0 Å². The van der Waals surface area contributed by atoms with Crippen LogP contribution < -0.4 is 10.2 Å². The lowest BCUT2D eigenvalue weighted by atomic mass is 10.1. The van der Waals surface area contributed by atoms with Crippen LogP contribution in [0.2, 0.25) is 0 Å². The van der Waals surface area contributed by atoms with Gasteiger partial charge < -0.3 is 14.8 Å². The highest BCUT2D eigenvalue weighted by Crippen LogP contribution is 2.26. The summed E-state index contributed by atoms with van der Waals surface area (Å²) in [5, 5.41) is 4.34. The number of nitrogens with one attached hydrogen (secondary N) is 1. The minimum Gasteiger partial charge on any atom is -0.353 e. The van der Waals surface area contributed by atoms with E-state index in [-0.39, 0.29) is 11.9 Å².